The summed E-state index contributed by atoms with van der Waals surface area (Å²) in [6.45, 7) is 14.0. The lowest BCUT2D eigenvalue weighted by Gasteiger charge is -2.36. The zero-order chi connectivity index (χ0) is 22.3. The van der Waals surface area contributed by atoms with Crippen molar-refractivity contribution >= 4 is 0 Å². The molecule has 3 heterocycles. The Kier molecular flexibility index (Phi) is 6.50. The Morgan fingerprint density at radius 3 is 2.52 bits per heavy atom. The van der Waals surface area contributed by atoms with Gasteiger partial charge in [0, 0.05) is 37.9 Å². The van der Waals surface area contributed by atoms with Crippen LogP contribution >= 0.6 is 0 Å². The summed E-state index contributed by atoms with van der Waals surface area (Å²) in [7, 11) is 2.21. The zero-order valence-corrected chi connectivity index (χ0v) is 20.1. The van der Waals surface area contributed by atoms with Crippen molar-refractivity contribution in [3.8, 4) is 0 Å². The number of aromatic nitrogens is 1. The topological polar surface area (TPSA) is 19.4 Å². The molecule has 0 fully saturated rings. The molecule has 0 amide bonds. The van der Waals surface area contributed by atoms with Crippen LogP contribution in [0.3, 0.4) is 0 Å². The van der Waals surface area contributed by atoms with E-state index in [1.165, 1.54) is 27.9 Å². The van der Waals surface area contributed by atoms with Crippen LogP contribution in [-0.2, 0) is 25.9 Å². The summed E-state index contributed by atoms with van der Waals surface area (Å²) in [5, 5.41) is 0. The molecule has 1 aromatic carbocycles. The number of hydrogen-bond donors (Lipinski definition) is 0. The van der Waals surface area contributed by atoms with Gasteiger partial charge in [-0.05, 0) is 85.9 Å². The molecule has 0 bridgehead atoms. The van der Waals surface area contributed by atoms with E-state index in [0.29, 0.717) is 18.0 Å². The first-order valence-electron chi connectivity index (χ1n) is 12.0. The van der Waals surface area contributed by atoms with Gasteiger partial charge in [-0.1, -0.05) is 32.9 Å². The number of fused-ring (bicyclic) bond motifs is 2. The molecule has 2 atom stereocenters. The Morgan fingerprint density at radius 2 is 1.81 bits per heavy atom. The standard InChI is InChI=1S/C27H38FN3/c1-17(2)25-12-23-15-30(6)24(11-21(23)13-26(25)28)9-19(5)22-10-20-7-8-31(18(3)4)16-27(20)29-14-22/h10,12-14,17-19,24H,7-9,11,15-16H2,1-6H3. The van der Waals surface area contributed by atoms with Crippen molar-refractivity contribution in [3.63, 3.8) is 0 Å². The molecule has 0 aliphatic carbocycles. The van der Waals surface area contributed by atoms with Crippen LogP contribution in [0.4, 0.5) is 4.39 Å². The molecule has 2 aromatic rings. The van der Waals surface area contributed by atoms with E-state index in [2.05, 4.69) is 69.8 Å². The molecule has 0 spiro atoms. The first-order chi connectivity index (χ1) is 14.7. The molecule has 0 N–H and O–H groups in total. The third-order valence-electron chi connectivity index (χ3n) is 7.47. The summed E-state index contributed by atoms with van der Waals surface area (Å²) >= 11 is 0. The Bertz CT molecular complexity index is 936. The lowest BCUT2D eigenvalue weighted by atomic mass is 9.85. The fraction of sp³-hybridized carbons (Fsp3) is 0.593. The van der Waals surface area contributed by atoms with E-state index in [1.54, 1.807) is 6.07 Å². The molecule has 2 aliphatic heterocycles. The minimum Gasteiger partial charge on any atom is -0.299 e. The molecule has 0 saturated heterocycles. The van der Waals surface area contributed by atoms with Crippen LogP contribution < -0.4 is 0 Å². The van der Waals surface area contributed by atoms with Gasteiger partial charge >= 0.3 is 0 Å². The highest BCUT2D eigenvalue weighted by Gasteiger charge is 2.28. The molecular weight excluding hydrogens is 385 g/mol. The number of pyridine rings is 1. The summed E-state index contributed by atoms with van der Waals surface area (Å²) in [4.78, 5) is 9.80. The molecule has 31 heavy (non-hydrogen) atoms. The Morgan fingerprint density at radius 1 is 1.03 bits per heavy atom. The van der Waals surface area contributed by atoms with Crippen molar-refractivity contribution in [2.75, 3.05) is 13.6 Å². The molecule has 2 unspecified atom stereocenters. The van der Waals surface area contributed by atoms with E-state index in [1.807, 2.05) is 0 Å². The molecule has 2 aliphatic rings. The van der Waals surface area contributed by atoms with Gasteiger partial charge in [0.05, 0.1) is 5.69 Å². The Labute approximate surface area is 187 Å². The molecule has 4 heteroatoms. The number of benzene rings is 1. The van der Waals surface area contributed by atoms with E-state index in [-0.39, 0.29) is 11.7 Å². The quantitative estimate of drug-likeness (QED) is 0.618. The minimum absolute atomic E-state index is 0.0422. The maximum absolute atomic E-state index is 14.6. The first-order valence-corrected chi connectivity index (χ1v) is 12.0. The van der Waals surface area contributed by atoms with Gasteiger partial charge in [-0.15, -0.1) is 0 Å². The summed E-state index contributed by atoms with van der Waals surface area (Å²) in [5.41, 5.74) is 7.34. The lowest BCUT2D eigenvalue weighted by molar-refractivity contribution is 0.195. The molecule has 0 saturated carbocycles. The highest BCUT2D eigenvalue weighted by Crippen LogP contribution is 2.33. The molecule has 168 valence electrons. The number of likely N-dealkylation sites (N-methyl/N-ethyl adjacent to an activating group) is 1. The Hall–Kier alpha value is -1.78. The highest BCUT2D eigenvalue weighted by atomic mass is 19.1. The summed E-state index contributed by atoms with van der Waals surface area (Å²) in [6.07, 6.45) is 5.18. The van der Waals surface area contributed by atoms with E-state index in [9.17, 15) is 4.39 Å². The van der Waals surface area contributed by atoms with Crippen LogP contribution in [0.15, 0.2) is 24.4 Å². The van der Waals surface area contributed by atoms with Gasteiger partial charge in [0.15, 0.2) is 0 Å². The second kappa shape index (κ2) is 8.99. The molecule has 1 aromatic heterocycles. The van der Waals surface area contributed by atoms with Crippen molar-refractivity contribution < 1.29 is 4.39 Å². The van der Waals surface area contributed by atoms with Gasteiger partial charge < -0.3 is 0 Å². The van der Waals surface area contributed by atoms with E-state index in [0.717, 1.165) is 44.5 Å². The average molecular weight is 424 g/mol. The minimum atomic E-state index is -0.0422. The Balaban J connectivity index is 1.47. The SMILES string of the molecule is CC(C)c1cc2c(cc1F)CC(CC(C)c1cnc3c(c1)CCN(C(C)C)C3)N(C)C2. The molecular formula is C27H38FN3. The normalized spacial score (nSPS) is 20.7. The van der Waals surface area contributed by atoms with Crippen LogP contribution in [0.25, 0.3) is 0 Å². The summed E-state index contributed by atoms with van der Waals surface area (Å²) in [5.74, 6) is 0.617. The van der Waals surface area contributed by atoms with Crippen LogP contribution in [0.1, 0.15) is 86.4 Å². The molecule has 4 rings (SSSR count). The zero-order valence-electron chi connectivity index (χ0n) is 20.1. The summed E-state index contributed by atoms with van der Waals surface area (Å²) < 4.78 is 14.6. The van der Waals surface area contributed by atoms with Crippen molar-refractivity contribution in [3.05, 3.63) is 63.7 Å². The van der Waals surface area contributed by atoms with Gasteiger partial charge in [-0.25, -0.2) is 4.39 Å². The third kappa shape index (κ3) is 4.70. The van der Waals surface area contributed by atoms with E-state index < -0.39 is 0 Å². The second-order valence-electron chi connectivity index (χ2n) is 10.4. The predicted octanol–water partition coefficient (Wildman–Crippen LogP) is 5.66. The van der Waals surface area contributed by atoms with E-state index >= 15 is 0 Å². The fourth-order valence-electron chi connectivity index (χ4n) is 5.23. The first kappa shape index (κ1) is 22.4. The van der Waals surface area contributed by atoms with Crippen LogP contribution in [0.2, 0.25) is 0 Å². The van der Waals surface area contributed by atoms with Gasteiger partial charge in [-0.2, -0.15) is 0 Å². The second-order valence-corrected chi connectivity index (χ2v) is 10.4. The average Bonchev–Trinajstić information content (AvgIpc) is 2.73. The smallest absolute Gasteiger partial charge is 0.126 e. The largest absolute Gasteiger partial charge is 0.299 e. The maximum atomic E-state index is 14.6. The third-order valence-corrected chi connectivity index (χ3v) is 7.47. The number of nitrogens with zero attached hydrogens (tertiary/aromatic N) is 3. The maximum Gasteiger partial charge on any atom is 0.126 e. The number of hydrogen-bond acceptors (Lipinski definition) is 3. The van der Waals surface area contributed by atoms with E-state index in [4.69, 9.17) is 4.98 Å². The number of rotatable bonds is 5. The van der Waals surface area contributed by atoms with Gasteiger partial charge in [0.1, 0.15) is 5.82 Å². The van der Waals surface area contributed by atoms with Crippen molar-refractivity contribution in [1.29, 1.82) is 0 Å². The monoisotopic (exact) mass is 423 g/mol. The van der Waals surface area contributed by atoms with Gasteiger partial charge in [0.2, 0.25) is 0 Å². The van der Waals surface area contributed by atoms with Crippen LogP contribution in [0, 0.1) is 5.82 Å². The van der Waals surface area contributed by atoms with Crippen LogP contribution in [0.5, 0.6) is 0 Å². The summed E-state index contributed by atoms with van der Waals surface area (Å²) in [6, 6.07) is 7.30. The van der Waals surface area contributed by atoms with Crippen molar-refractivity contribution in [1.82, 2.24) is 14.8 Å². The van der Waals surface area contributed by atoms with Gasteiger partial charge in [-0.3, -0.25) is 14.8 Å². The number of halogens is 1. The van der Waals surface area contributed by atoms with Crippen molar-refractivity contribution in [2.45, 2.75) is 90.9 Å². The lowest BCUT2D eigenvalue weighted by Crippen LogP contribution is -2.38. The van der Waals surface area contributed by atoms with Crippen molar-refractivity contribution in [2.24, 2.45) is 0 Å². The van der Waals surface area contributed by atoms with Gasteiger partial charge in [0.25, 0.3) is 0 Å². The molecule has 3 nitrogen and oxygen atoms in total. The van der Waals surface area contributed by atoms with Crippen LogP contribution in [-0.4, -0.2) is 40.5 Å². The fourth-order valence-corrected chi connectivity index (χ4v) is 5.23. The predicted molar refractivity (Wildman–Crippen MR) is 126 cm³/mol. The highest BCUT2D eigenvalue weighted by molar-refractivity contribution is 5.37. The molecule has 0 radical (unpaired) electrons.